The molecule has 24 heavy (non-hydrogen) atoms. The predicted molar refractivity (Wildman–Crippen MR) is 98.7 cm³/mol. The third-order valence-electron chi connectivity index (χ3n) is 3.84. The van der Waals surface area contributed by atoms with Gasteiger partial charge in [0.1, 0.15) is 10.3 Å². The van der Waals surface area contributed by atoms with Gasteiger partial charge in [-0.25, -0.2) is 8.42 Å². The molecule has 1 amide bonds. The molecule has 0 saturated carbocycles. The summed E-state index contributed by atoms with van der Waals surface area (Å²) in [6.07, 6.45) is 0.843. The molecular formula is C16H29N3O3S2. The monoisotopic (exact) mass is 375 g/mol. The fraction of sp³-hybridized carbons (Fsp3) is 0.688. The van der Waals surface area contributed by atoms with Gasteiger partial charge in [-0.05, 0) is 43.4 Å². The fourth-order valence-electron chi connectivity index (χ4n) is 2.30. The summed E-state index contributed by atoms with van der Waals surface area (Å²) in [5.74, 6) is -0.410. The molecule has 0 aliphatic heterocycles. The molecule has 0 aliphatic carbocycles. The maximum Gasteiger partial charge on any atom is 0.250 e. The molecule has 0 unspecified atom stereocenters. The van der Waals surface area contributed by atoms with E-state index in [0.29, 0.717) is 6.54 Å². The molecule has 0 fully saturated rings. The normalized spacial score (nSPS) is 13.4. The van der Waals surface area contributed by atoms with Gasteiger partial charge in [0, 0.05) is 6.54 Å². The van der Waals surface area contributed by atoms with E-state index >= 15 is 0 Å². The maximum atomic E-state index is 12.4. The largest absolute Gasteiger partial charge is 0.355 e. The number of amides is 1. The minimum absolute atomic E-state index is 0.137. The molecule has 0 saturated heterocycles. The van der Waals surface area contributed by atoms with Crippen molar-refractivity contribution in [3.63, 3.8) is 0 Å². The fourth-order valence-corrected chi connectivity index (χ4v) is 4.65. The zero-order valence-electron chi connectivity index (χ0n) is 14.9. The molecule has 0 spiro atoms. The van der Waals surface area contributed by atoms with Gasteiger partial charge in [-0.1, -0.05) is 33.8 Å². The second-order valence-electron chi connectivity index (χ2n) is 5.95. The lowest BCUT2D eigenvalue weighted by molar-refractivity contribution is -0.123. The van der Waals surface area contributed by atoms with Crippen molar-refractivity contribution in [1.82, 2.24) is 14.9 Å². The van der Waals surface area contributed by atoms with Crippen molar-refractivity contribution in [2.24, 2.45) is 5.92 Å². The predicted octanol–water partition coefficient (Wildman–Crippen LogP) is 1.90. The Morgan fingerprint density at radius 1 is 1.29 bits per heavy atom. The highest BCUT2D eigenvalue weighted by Gasteiger charge is 2.28. The van der Waals surface area contributed by atoms with Crippen LogP contribution in [0.1, 0.15) is 34.1 Å². The summed E-state index contributed by atoms with van der Waals surface area (Å²) in [5.41, 5.74) is 0. The van der Waals surface area contributed by atoms with E-state index < -0.39 is 16.1 Å². The number of nitrogens with zero attached hydrogens (tertiary/aromatic N) is 1. The summed E-state index contributed by atoms with van der Waals surface area (Å²) in [6.45, 7) is 11.3. The molecule has 0 aromatic carbocycles. The molecule has 138 valence electrons. The van der Waals surface area contributed by atoms with Gasteiger partial charge in [0.05, 0.1) is 0 Å². The van der Waals surface area contributed by atoms with Crippen LogP contribution in [0.15, 0.2) is 21.7 Å². The van der Waals surface area contributed by atoms with Crippen LogP contribution in [-0.4, -0.2) is 51.4 Å². The molecule has 1 aromatic rings. The first-order chi connectivity index (χ1) is 11.3. The molecule has 8 heteroatoms. The number of carbonyl (C=O) groups excluding carboxylic acids is 1. The van der Waals surface area contributed by atoms with Gasteiger partial charge >= 0.3 is 0 Å². The maximum absolute atomic E-state index is 12.4. The molecule has 0 bridgehead atoms. The van der Waals surface area contributed by atoms with Crippen LogP contribution in [0, 0.1) is 5.92 Å². The van der Waals surface area contributed by atoms with Gasteiger partial charge in [-0.2, -0.15) is 4.72 Å². The van der Waals surface area contributed by atoms with Crippen LogP contribution >= 0.6 is 11.3 Å². The van der Waals surface area contributed by atoms with Gasteiger partial charge < -0.3 is 10.2 Å². The van der Waals surface area contributed by atoms with Gasteiger partial charge in [0.2, 0.25) is 5.91 Å². The van der Waals surface area contributed by atoms with Crippen molar-refractivity contribution in [3.8, 4) is 0 Å². The van der Waals surface area contributed by atoms with Crippen molar-refractivity contribution in [2.75, 3.05) is 26.2 Å². The lowest BCUT2D eigenvalue weighted by Gasteiger charge is -2.22. The number of hydrogen-bond donors (Lipinski definition) is 2. The highest BCUT2D eigenvalue weighted by molar-refractivity contribution is 7.91. The third-order valence-corrected chi connectivity index (χ3v) is 6.67. The zero-order chi connectivity index (χ0) is 18.2. The first kappa shape index (κ1) is 21.1. The summed E-state index contributed by atoms with van der Waals surface area (Å²) in [6, 6.07) is 2.44. The SMILES string of the molecule is CCN(CC)CCCNC(=O)[C@@H](NS(=O)(=O)c1cccs1)C(C)C. The molecule has 1 heterocycles. The summed E-state index contributed by atoms with van der Waals surface area (Å²) in [7, 11) is -3.66. The Morgan fingerprint density at radius 3 is 2.46 bits per heavy atom. The number of carbonyl (C=O) groups is 1. The minimum Gasteiger partial charge on any atom is -0.355 e. The van der Waals surface area contributed by atoms with E-state index in [1.165, 1.54) is 6.07 Å². The highest BCUT2D eigenvalue weighted by atomic mass is 32.2. The molecule has 1 rings (SSSR count). The van der Waals surface area contributed by atoms with E-state index in [4.69, 9.17) is 0 Å². The second-order valence-corrected chi connectivity index (χ2v) is 8.84. The molecule has 6 nitrogen and oxygen atoms in total. The Kier molecular flexibility index (Phi) is 8.90. The van der Waals surface area contributed by atoms with Gasteiger partial charge in [-0.15, -0.1) is 11.3 Å². The van der Waals surface area contributed by atoms with E-state index in [1.54, 1.807) is 11.4 Å². The van der Waals surface area contributed by atoms with Crippen LogP contribution in [0.4, 0.5) is 0 Å². The summed E-state index contributed by atoms with van der Waals surface area (Å²) >= 11 is 1.14. The van der Waals surface area contributed by atoms with E-state index in [-0.39, 0.29) is 16.0 Å². The molecule has 0 radical (unpaired) electrons. The first-order valence-corrected chi connectivity index (χ1v) is 10.7. The number of hydrogen-bond acceptors (Lipinski definition) is 5. The molecular weight excluding hydrogens is 346 g/mol. The van der Waals surface area contributed by atoms with Crippen molar-refractivity contribution in [1.29, 1.82) is 0 Å². The van der Waals surface area contributed by atoms with Crippen LogP contribution in [0.25, 0.3) is 0 Å². The summed E-state index contributed by atoms with van der Waals surface area (Å²) < 4.78 is 27.4. The Bertz CT molecular complexity index is 582. The Hall–Kier alpha value is -0.960. The second kappa shape index (κ2) is 10.1. The number of sulfonamides is 1. The summed E-state index contributed by atoms with van der Waals surface area (Å²) in [5, 5.41) is 4.55. The zero-order valence-corrected chi connectivity index (χ0v) is 16.5. The topological polar surface area (TPSA) is 78.5 Å². The quantitative estimate of drug-likeness (QED) is 0.579. The minimum atomic E-state index is -3.66. The Labute approximate surface area is 149 Å². The molecule has 0 aliphatic rings. The standard InChI is InChI=1S/C16H29N3O3S2/c1-5-19(6-2)11-8-10-17-16(20)15(13(3)4)18-24(21,22)14-9-7-12-23-14/h7,9,12-13,15,18H,5-6,8,10-11H2,1-4H3,(H,17,20)/t15-/m0/s1. The molecule has 1 aromatic heterocycles. The van der Waals surface area contributed by atoms with E-state index in [1.807, 2.05) is 13.8 Å². The Balaban J connectivity index is 2.57. The molecule has 1 atom stereocenters. The third kappa shape index (κ3) is 6.51. The lowest BCUT2D eigenvalue weighted by atomic mass is 10.1. The van der Waals surface area contributed by atoms with Crippen LogP contribution < -0.4 is 10.0 Å². The van der Waals surface area contributed by atoms with Crippen LogP contribution in [0.3, 0.4) is 0 Å². The Morgan fingerprint density at radius 2 is 1.96 bits per heavy atom. The first-order valence-electron chi connectivity index (χ1n) is 8.37. The van der Waals surface area contributed by atoms with Crippen molar-refractivity contribution >= 4 is 27.3 Å². The van der Waals surface area contributed by atoms with Gasteiger partial charge in [-0.3, -0.25) is 4.79 Å². The smallest absolute Gasteiger partial charge is 0.250 e. The molecule has 2 N–H and O–H groups in total. The lowest BCUT2D eigenvalue weighted by Crippen LogP contribution is -2.49. The number of nitrogens with one attached hydrogen (secondary N) is 2. The van der Waals surface area contributed by atoms with Crippen LogP contribution in [0.2, 0.25) is 0 Å². The van der Waals surface area contributed by atoms with Crippen LogP contribution in [-0.2, 0) is 14.8 Å². The summed E-state index contributed by atoms with van der Waals surface area (Å²) in [4.78, 5) is 14.7. The van der Waals surface area contributed by atoms with E-state index in [0.717, 1.165) is 37.4 Å². The average molecular weight is 376 g/mol. The average Bonchev–Trinajstić information content (AvgIpc) is 3.07. The number of thiophene rings is 1. The van der Waals surface area contributed by atoms with Crippen LogP contribution in [0.5, 0.6) is 0 Å². The van der Waals surface area contributed by atoms with E-state index in [9.17, 15) is 13.2 Å². The van der Waals surface area contributed by atoms with Crippen molar-refractivity contribution < 1.29 is 13.2 Å². The van der Waals surface area contributed by atoms with Gasteiger partial charge in [0.25, 0.3) is 10.0 Å². The highest BCUT2D eigenvalue weighted by Crippen LogP contribution is 2.17. The van der Waals surface area contributed by atoms with E-state index in [2.05, 4.69) is 28.8 Å². The number of rotatable bonds is 11. The van der Waals surface area contributed by atoms with Gasteiger partial charge in [0.15, 0.2) is 0 Å². The van der Waals surface area contributed by atoms with Crippen molar-refractivity contribution in [2.45, 2.75) is 44.4 Å². The van der Waals surface area contributed by atoms with Crippen molar-refractivity contribution in [3.05, 3.63) is 17.5 Å².